The lowest BCUT2D eigenvalue weighted by atomic mass is 9.99. The largest absolute Gasteiger partial charge is 0.493 e. The number of aliphatic hydroxyl groups is 2. The number of hydrogen-bond acceptors (Lipinski definition) is 7. The molecule has 224 valence electrons. The third-order valence-corrected chi connectivity index (χ3v) is 6.64. The lowest BCUT2D eigenvalue weighted by molar-refractivity contribution is -0.121. The summed E-state index contributed by atoms with van der Waals surface area (Å²) >= 11 is 0. The minimum Gasteiger partial charge on any atom is -0.493 e. The van der Waals surface area contributed by atoms with Crippen LogP contribution in [0.3, 0.4) is 0 Å². The number of benzene rings is 2. The number of ether oxygens (including phenoxy) is 2. The maximum atomic E-state index is 13.6. The summed E-state index contributed by atoms with van der Waals surface area (Å²) in [7, 11) is 1.47. The Morgan fingerprint density at radius 1 is 1.05 bits per heavy atom. The third-order valence-electron chi connectivity index (χ3n) is 6.64. The van der Waals surface area contributed by atoms with Gasteiger partial charge < -0.3 is 29.4 Å². The molecule has 0 aliphatic rings. The molecule has 1 amide bonds. The molecule has 0 bridgehead atoms. The van der Waals surface area contributed by atoms with Crippen LogP contribution < -0.4 is 10.1 Å². The number of esters is 1. The smallest absolute Gasteiger partial charge is 0.342 e. The molecule has 0 spiro atoms. The Bertz CT molecular complexity index is 1330. The number of rotatable bonds is 15. The lowest BCUT2D eigenvalue weighted by Crippen LogP contribution is -2.33. The van der Waals surface area contributed by atoms with Gasteiger partial charge in [-0.1, -0.05) is 0 Å². The zero-order chi connectivity index (χ0) is 30.2. The molecule has 10 heteroatoms. The monoisotopic (exact) mass is 575 g/mol. The van der Waals surface area contributed by atoms with Gasteiger partial charge in [0, 0.05) is 36.9 Å². The second-order valence-electron chi connectivity index (χ2n) is 10.9. The number of aryl methyl sites for hydroxylation is 2. The molecule has 1 aromatic heterocycles. The molecule has 1 unspecified atom stereocenters. The highest BCUT2D eigenvalue weighted by Gasteiger charge is 2.25. The molecule has 3 rings (SSSR count). The van der Waals surface area contributed by atoms with Crippen LogP contribution >= 0.6 is 0 Å². The van der Waals surface area contributed by atoms with Crippen LogP contribution in [0.15, 0.2) is 34.7 Å². The van der Waals surface area contributed by atoms with Gasteiger partial charge in [-0.25, -0.2) is 13.6 Å². The van der Waals surface area contributed by atoms with Crippen molar-refractivity contribution >= 4 is 22.8 Å². The molecule has 2 aromatic carbocycles. The molecule has 0 saturated heterocycles. The molecule has 0 aliphatic heterocycles. The molecule has 3 aromatic rings. The van der Waals surface area contributed by atoms with Gasteiger partial charge in [-0.05, 0) is 88.3 Å². The van der Waals surface area contributed by atoms with Gasteiger partial charge in [-0.3, -0.25) is 4.79 Å². The van der Waals surface area contributed by atoms with E-state index >= 15 is 0 Å². The Kier molecular flexibility index (Phi) is 11.3. The first-order chi connectivity index (χ1) is 19.4. The summed E-state index contributed by atoms with van der Waals surface area (Å²) in [4.78, 5) is 25.8. The summed E-state index contributed by atoms with van der Waals surface area (Å²) in [6.07, 6.45) is 3.31. The summed E-state index contributed by atoms with van der Waals surface area (Å²) in [6.45, 7) is 4.96. The summed E-state index contributed by atoms with van der Waals surface area (Å²) in [5, 5.41) is 22.6. The maximum absolute atomic E-state index is 13.6. The van der Waals surface area contributed by atoms with Crippen molar-refractivity contribution in [1.29, 1.82) is 0 Å². The SMILES string of the molecule is COc1cc(CCC(=O)NC(C)CCCC(C)(C)O)cc2c(C(=O)OCc3cc(F)cc(F)c3)c(CCCO)oc12. The van der Waals surface area contributed by atoms with Crippen LogP contribution in [0.5, 0.6) is 5.75 Å². The first-order valence-corrected chi connectivity index (χ1v) is 13.8. The molecule has 1 heterocycles. The topological polar surface area (TPSA) is 118 Å². The number of halogens is 2. The maximum Gasteiger partial charge on any atom is 0.342 e. The Morgan fingerprint density at radius 3 is 2.39 bits per heavy atom. The fraction of sp³-hybridized carbons (Fsp3) is 0.484. The van der Waals surface area contributed by atoms with Gasteiger partial charge in [-0.15, -0.1) is 0 Å². The van der Waals surface area contributed by atoms with E-state index in [1.54, 1.807) is 26.0 Å². The number of carbonyl (C=O) groups excluding carboxylic acids is 2. The minimum absolute atomic E-state index is 0.0437. The van der Waals surface area contributed by atoms with Crippen LogP contribution in [0.2, 0.25) is 0 Å². The summed E-state index contributed by atoms with van der Waals surface area (Å²) in [5.41, 5.74) is 0.594. The Morgan fingerprint density at radius 2 is 1.76 bits per heavy atom. The van der Waals surface area contributed by atoms with E-state index in [4.69, 9.17) is 13.9 Å². The molecule has 0 fully saturated rings. The van der Waals surface area contributed by atoms with Crippen LogP contribution in [-0.4, -0.2) is 47.4 Å². The summed E-state index contributed by atoms with van der Waals surface area (Å²) < 4.78 is 44.1. The Labute approximate surface area is 238 Å². The summed E-state index contributed by atoms with van der Waals surface area (Å²) in [5.74, 6) is -1.78. The zero-order valence-corrected chi connectivity index (χ0v) is 24.0. The van der Waals surface area contributed by atoms with Gasteiger partial charge in [-0.2, -0.15) is 0 Å². The molecule has 0 radical (unpaired) electrons. The van der Waals surface area contributed by atoms with Gasteiger partial charge >= 0.3 is 5.97 Å². The van der Waals surface area contributed by atoms with Crippen molar-refractivity contribution < 1.29 is 42.5 Å². The van der Waals surface area contributed by atoms with Crippen molar-refractivity contribution in [3.63, 3.8) is 0 Å². The van der Waals surface area contributed by atoms with E-state index in [1.165, 1.54) is 7.11 Å². The van der Waals surface area contributed by atoms with Crippen LogP contribution in [0.1, 0.15) is 80.1 Å². The van der Waals surface area contributed by atoms with Crippen molar-refractivity contribution in [1.82, 2.24) is 5.32 Å². The number of aliphatic hydroxyl groups excluding tert-OH is 1. The highest BCUT2D eigenvalue weighted by atomic mass is 19.1. The number of hydrogen-bond donors (Lipinski definition) is 3. The number of amides is 1. The first kappa shape index (κ1) is 32.0. The average Bonchev–Trinajstić information content (AvgIpc) is 3.25. The fourth-order valence-corrected chi connectivity index (χ4v) is 4.64. The van der Waals surface area contributed by atoms with Gasteiger partial charge in [0.1, 0.15) is 29.6 Å². The predicted molar refractivity (Wildman–Crippen MR) is 150 cm³/mol. The average molecular weight is 576 g/mol. The van der Waals surface area contributed by atoms with Gasteiger partial charge in [0.05, 0.1) is 12.7 Å². The number of fused-ring (bicyclic) bond motifs is 1. The van der Waals surface area contributed by atoms with Crippen LogP contribution in [0.4, 0.5) is 8.78 Å². The molecule has 3 N–H and O–H groups in total. The second kappa shape index (κ2) is 14.4. The van der Waals surface area contributed by atoms with E-state index in [1.807, 2.05) is 6.92 Å². The molecular weight excluding hydrogens is 536 g/mol. The Balaban J connectivity index is 1.79. The van der Waals surface area contributed by atoms with E-state index in [0.717, 1.165) is 36.6 Å². The molecule has 41 heavy (non-hydrogen) atoms. The van der Waals surface area contributed by atoms with E-state index < -0.39 is 23.2 Å². The van der Waals surface area contributed by atoms with Crippen molar-refractivity contribution in [2.45, 2.75) is 84.0 Å². The van der Waals surface area contributed by atoms with E-state index in [2.05, 4.69) is 5.32 Å². The van der Waals surface area contributed by atoms with Crippen molar-refractivity contribution in [3.8, 4) is 5.75 Å². The zero-order valence-electron chi connectivity index (χ0n) is 24.0. The van der Waals surface area contributed by atoms with Gasteiger partial charge in [0.2, 0.25) is 5.91 Å². The van der Waals surface area contributed by atoms with Crippen molar-refractivity contribution in [2.24, 2.45) is 0 Å². The molecular formula is C31H39F2NO7. The first-order valence-electron chi connectivity index (χ1n) is 13.8. The molecule has 0 aliphatic carbocycles. The van der Waals surface area contributed by atoms with E-state index in [-0.39, 0.29) is 54.9 Å². The normalized spacial score (nSPS) is 12.4. The third kappa shape index (κ3) is 9.54. The van der Waals surface area contributed by atoms with Crippen molar-refractivity contribution in [2.75, 3.05) is 13.7 Å². The second-order valence-corrected chi connectivity index (χ2v) is 10.9. The molecule has 0 saturated carbocycles. The minimum atomic E-state index is -0.782. The van der Waals surface area contributed by atoms with Gasteiger partial charge in [0.15, 0.2) is 11.3 Å². The van der Waals surface area contributed by atoms with Crippen LogP contribution in [0.25, 0.3) is 11.0 Å². The number of furan rings is 1. The number of nitrogens with one attached hydrogen (secondary N) is 1. The highest BCUT2D eigenvalue weighted by molar-refractivity contribution is 6.06. The van der Waals surface area contributed by atoms with Crippen molar-refractivity contribution in [3.05, 3.63) is 64.4 Å². The Hall–Kier alpha value is -3.50. The van der Waals surface area contributed by atoms with Crippen LogP contribution in [0, 0.1) is 11.6 Å². The predicted octanol–water partition coefficient (Wildman–Crippen LogP) is 5.38. The quantitative estimate of drug-likeness (QED) is 0.208. The van der Waals surface area contributed by atoms with Gasteiger partial charge in [0.25, 0.3) is 0 Å². The summed E-state index contributed by atoms with van der Waals surface area (Å²) in [6, 6.07) is 6.33. The molecule has 1 atom stereocenters. The van der Waals surface area contributed by atoms with E-state index in [0.29, 0.717) is 36.0 Å². The standard InChI is InChI=1S/C31H39F2NO7/c1-19(7-5-11-31(2,3)38)34-27(36)10-9-20-15-24-28(25(8-6-12-35)41-29(24)26(16-20)39-4)30(37)40-18-21-13-22(32)17-23(33)14-21/h13-17,19,35,38H,5-12,18H2,1-4H3,(H,34,36). The lowest BCUT2D eigenvalue weighted by Gasteiger charge is -2.19. The number of carbonyl (C=O) groups is 2. The molecule has 8 nitrogen and oxygen atoms in total. The number of methoxy groups -OCH3 is 1. The highest BCUT2D eigenvalue weighted by Crippen LogP contribution is 2.36. The van der Waals surface area contributed by atoms with E-state index in [9.17, 15) is 28.6 Å². The fourth-order valence-electron chi connectivity index (χ4n) is 4.64. The van der Waals surface area contributed by atoms with Crippen LogP contribution in [-0.2, 0) is 29.0 Å².